The van der Waals surface area contributed by atoms with Crippen LogP contribution in [0, 0.1) is 0 Å². The van der Waals surface area contributed by atoms with Crippen molar-refractivity contribution in [1.82, 2.24) is 5.32 Å². The van der Waals surface area contributed by atoms with Gasteiger partial charge in [-0.2, -0.15) is 0 Å². The fourth-order valence-electron chi connectivity index (χ4n) is 3.05. The van der Waals surface area contributed by atoms with Gasteiger partial charge in [0, 0.05) is 12.5 Å². The second-order valence-corrected chi connectivity index (χ2v) is 6.36. The molecule has 126 valence electrons. The number of nitrogen functional groups attached to an aromatic ring is 1. The molecule has 0 bridgehead atoms. The molecule has 24 heavy (non-hydrogen) atoms. The normalized spacial score (nSPS) is 17.8. The first kappa shape index (κ1) is 16.4. The predicted molar refractivity (Wildman–Crippen MR) is 95.7 cm³/mol. The topological polar surface area (TPSA) is 64.4 Å². The molecule has 1 aliphatic heterocycles. The third-order valence-electron chi connectivity index (χ3n) is 4.37. The smallest absolute Gasteiger partial charge is 0.220 e. The van der Waals surface area contributed by atoms with Gasteiger partial charge in [0.15, 0.2) is 0 Å². The highest BCUT2D eigenvalue weighted by Gasteiger charge is 2.17. The van der Waals surface area contributed by atoms with Crippen molar-refractivity contribution in [3.8, 4) is 5.75 Å². The number of rotatable bonds is 5. The summed E-state index contributed by atoms with van der Waals surface area (Å²) in [6.07, 6.45) is 4.55. The molecule has 0 aromatic heterocycles. The van der Waals surface area contributed by atoms with Crippen LogP contribution in [-0.2, 0) is 17.8 Å². The summed E-state index contributed by atoms with van der Waals surface area (Å²) in [6, 6.07) is 16.1. The molecule has 3 N–H and O–H groups in total. The van der Waals surface area contributed by atoms with E-state index in [1.807, 2.05) is 48.5 Å². The Hall–Kier alpha value is -2.49. The summed E-state index contributed by atoms with van der Waals surface area (Å²) >= 11 is 0. The van der Waals surface area contributed by atoms with Crippen molar-refractivity contribution < 1.29 is 9.53 Å². The highest BCUT2D eigenvalue weighted by atomic mass is 16.5. The Labute approximate surface area is 143 Å². The molecule has 1 amide bonds. The quantitative estimate of drug-likeness (QED) is 0.828. The fraction of sp³-hybridized carbons (Fsp3) is 0.350. The van der Waals surface area contributed by atoms with Gasteiger partial charge in [-0.05, 0) is 42.5 Å². The van der Waals surface area contributed by atoms with E-state index in [1.165, 1.54) is 0 Å². The van der Waals surface area contributed by atoms with E-state index in [-0.39, 0.29) is 11.9 Å². The standard InChI is InChI=1S/C20H24N2O2/c21-18-11-10-16(12-17-8-4-5-9-20(23)22-17)13-19(18)24-14-15-6-2-1-3-7-15/h1-3,6-7,10-11,13,17H,4-5,8-9,12,14,21H2,(H,22,23). The molecule has 4 nitrogen and oxygen atoms in total. The number of carbonyl (C=O) groups is 1. The number of anilines is 1. The third-order valence-corrected chi connectivity index (χ3v) is 4.37. The summed E-state index contributed by atoms with van der Waals surface area (Å²) in [5.74, 6) is 0.866. The van der Waals surface area contributed by atoms with Gasteiger partial charge in [0.1, 0.15) is 12.4 Å². The highest BCUT2D eigenvalue weighted by Crippen LogP contribution is 2.25. The maximum Gasteiger partial charge on any atom is 0.220 e. The molecule has 3 rings (SSSR count). The molecule has 0 aliphatic carbocycles. The SMILES string of the molecule is Nc1ccc(CC2CCCCC(=O)N2)cc1OCc1ccccc1. The van der Waals surface area contributed by atoms with Crippen LogP contribution in [0.15, 0.2) is 48.5 Å². The van der Waals surface area contributed by atoms with Crippen molar-refractivity contribution >= 4 is 11.6 Å². The van der Waals surface area contributed by atoms with Gasteiger partial charge < -0.3 is 15.8 Å². The number of hydrogen-bond donors (Lipinski definition) is 2. The van der Waals surface area contributed by atoms with E-state index in [2.05, 4.69) is 5.32 Å². The molecule has 2 aromatic carbocycles. The van der Waals surface area contributed by atoms with Gasteiger partial charge in [-0.3, -0.25) is 4.79 Å². The zero-order valence-corrected chi connectivity index (χ0v) is 13.8. The Bertz CT molecular complexity index is 685. The Morgan fingerprint density at radius 3 is 2.75 bits per heavy atom. The van der Waals surface area contributed by atoms with Gasteiger partial charge in [-0.25, -0.2) is 0 Å². The van der Waals surface area contributed by atoms with Crippen LogP contribution in [0.4, 0.5) is 5.69 Å². The lowest BCUT2D eigenvalue weighted by atomic mass is 10.0. The molecule has 2 aromatic rings. The fourth-order valence-corrected chi connectivity index (χ4v) is 3.05. The molecule has 1 aliphatic rings. The van der Waals surface area contributed by atoms with E-state index >= 15 is 0 Å². The Morgan fingerprint density at radius 2 is 1.92 bits per heavy atom. The Morgan fingerprint density at radius 1 is 1.08 bits per heavy atom. The number of hydrogen-bond acceptors (Lipinski definition) is 3. The van der Waals surface area contributed by atoms with Gasteiger partial charge in [0.25, 0.3) is 0 Å². The monoisotopic (exact) mass is 324 g/mol. The van der Waals surface area contributed by atoms with Gasteiger partial charge in [0.2, 0.25) is 5.91 Å². The summed E-state index contributed by atoms with van der Waals surface area (Å²) in [5.41, 5.74) is 8.93. The van der Waals surface area contributed by atoms with Crippen molar-refractivity contribution in [2.75, 3.05) is 5.73 Å². The average Bonchev–Trinajstić information content (AvgIpc) is 2.80. The van der Waals surface area contributed by atoms with E-state index in [1.54, 1.807) is 0 Å². The van der Waals surface area contributed by atoms with E-state index in [9.17, 15) is 4.79 Å². The van der Waals surface area contributed by atoms with Gasteiger partial charge in [0.05, 0.1) is 5.69 Å². The summed E-state index contributed by atoms with van der Waals surface area (Å²) in [4.78, 5) is 11.7. The van der Waals surface area contributed by atoms with E-state index in [0.29, 0.717) is 24.5 Å². The second kappa shape index (κ2) is 7.86. The highest BCUT2D eigenvalue weighted by molar-refractivity contribution is 5.76. The van der Waals surface area contributed by atoms with Crippen molar-refractivity contribution in [2.24, 2.45) is 0 Å². The van der Waals surface area contributed by atoms with Gasteiger partial charge in [-0.1, -0.05) is 42.8 Å². The van der Waals surface area contributed by atoms with Gasteiger partial charge >= 0.3 is 0 Å². The molecule has 1 atom stereocenters. The number of amides is 1. The van der Waals surface area contributed by atoms with Crippen LogP contribution in [0.1, 0.15) is 36.8 Å². The molecular weight excluding hydrogens is 300 g/mol. The van der Waals surface area contributed by atoms with Crippen molar-refractivity contribution in [1.29, 1.82) is 0 Å². The zero-order valence-electron chi connectivity index (χ0n) is 13.8. The molecule has 1 fully saturated rings. The van der Waals surface area contributed by atoms with Crippen LogP contribution in [0.3, 0.4) is 0 Å². The summed E-state index contributed by atoms with van der Waals surface area (Å²) in [5, 5.41) is 3.11. The Kier molecular flexibility index (Phi) is 5.36. The molecule has 0 radical (unpaired) electrons. The van der Waals surface area contributed by atoms with Crippen LogP contribution < -0.4 is 15.8 Å². The average molecular weight is 324 g/mol. The van der Waals surface area contributed by atoms with Gasteiger partial charge in [-0.15, -0.1) is 0 Å². The maximum atomic E-state index is 11.7. The van der Waals surface area contributed by atoms with Crippen molar-refractivity contribution in [2.45, 2.75) is 44.8 Å². The molecule has 4 heteroatoms. The number of nitrogens with one attached hydrogen (secondary N) is 1. The molecule has 0 saturated carbocycles. The lowest BCUT2D eigenvalue weighted by Crippen LogP contribution is -2.34. The third kappa shape index (κ3) is 4.51. The molecule has 1 heterocycles. The first-order chi connectivity index (χ1) is 11.7. The van der Waals surface area contributed by atoms with Crippen LogP contribution in [0.5, 0.6) is 5.75 Å². The summed E-state index contributed by atoms with van der Waals surface area (Å²) in [6.45, 7) is 0.495. The minimum Gasteiger partial charge on any atom is -0.487 e. The molecule has 0 spiro atoms. The molecule has 1 unspecified atom stereocenters. The largest absolute Gasteiger partial charge is 0.487 e. The van der Waals surface area contributed by atoms with Crippen molar-refractivity contribution in [3.63, 3.8) is 0 Å². The number of nitrogens with two attached hydrogens (primary N) is 1. The lowest BCUT2D eigenvalue weighted by Gasteiger charge is -2.17. The number of benzene rings is 2. The number of carbonyl (C=O) groups excluding carboxylic acids is 1. The second-order valence-electron chi connectivity index (χ2n) is 6.36. The van der Waals surface area contributed by atoms with Crippen LogP contribution >= 0.6 is 0 Å². The zero-order chi connectivity index (χ0) is 16.8. The first-order valence-electron chi connectivity index (χ1n) is 8.55. The van der Waals surface area contributed by atoms with Crippen LogP contribution in [0.2, 0.25) is 0 Å². The van der Waals surface area contributed by atoms with E-state index in [0.717, 1.165) is 36.8 Å². The van der Waals surface area contributed by atoms with Crippen LogP contribution in [-0.4, -0.2) is 11.9 Å². The first-order valence-corrected chi connectivity index (χ1v) is 8.55. The van der Waals surface area contributed by atoms with Crippen LogP contribution in [0.25, 0.3) is 0 Å². The Balaban J connectivity index is 1.65. The minimum atomic E-state index is 0.161. The number of ether oxygens (including phenoxy) is 1. The molecular formula is C20H24N2O2. The maximum absolute atomic E-state index is 11.7. The summed E-state index contributed by atoms with van der Waals surface area (Å²) in [7, 11) is 0. The van der Waals surface area contributed by atoms with E-state index in [4.69, 9.17) is 10.5 Å². The van der Waals surface area contributed by atoms with Crippen molar-refractivity contribution in [3.05, 3.63) is 59.7 Å². The molecule has 1 saturated heterocycles. The van der Waals surface area contributed by atoms with E-state index < -0.39 is 0 Å². The minimum absolute atomic E-state index is 0.161. The predicted octanol–water partition coefficient (Wildman–Crippen LogP) is 3.45. The summed E-state index contributed by atoms with van der Waals surface area (Å²) < 4.78 is 5.89. The lowest BCUT2D eigenvalue weighted by molar-refractivity contribution is -0.121.